The van der Waals surface area contributed by atoms with Crippen molar-refractivity contribution in [2.45, 2.75) is 37.3 Å². The van der Waals surface area contributed by atoms with Gasteiger partial charge >= 0.3 is 0 Å². The number of carbonyl (C=O) groups is 1. The fraction of sp³-hybridized carbons (Fsp3) is 0.385. The normalized spacial score (nSPS) is 20.1. The Morgan fingerprint density at radius 2 is 1.86 bits per heavy atom. The zero-order chi connectivity index (χ0) is 26.6. The van der Waals surface area contributed by atoms with Crippen molar-refractivity contribution >= 4 is 15.9 Å². The number of aromatic nitrogens is 3. The largest absolute Gasteiger partial charge is 0.487 e. The van der Waals surface area contributed by atoms with E-state index < -0.39 is 22.2 Å². The number of hydrogen-bond donors (Lipinski definition) is 1. The first-order valence-corrected chi connectivity index (χ1v) is 13.5. The third-order valence-corrected chi connectivity index (χ3v) is 8.56. The van der Waals surface area contributed by atoms with Gasteiger partial charge in [0.15, 0.2) is 0 Å². The van der Waals surface area contributed by atoms with Gasteiger partial charge in [-0.05, 0) is 42.3 Å². The standard InChI is InChI=1S/C26H31N5O5S/c1-18-14-31(19(2)16-32)37(34,35)25-5-4-21(22-12-28-17-29-13-22)11-23(25)36-24(18)15-30(3)26(33)10-20-6-8-27-9-7-20/h4-9,11-13,17-19,24,32H,10,14-16H2,1-3H3/t18-,19-,24-/m0/s1. The molecule has 0 spiro atoms. The maximum atomic E-state index is 13.7. The van der Waals surface area contributed by atoms with Gasteiger partial charge in [0.2, 0.25) is 15.9 Å². The molecule has 0 unspecified atom stereocenters. The summed E-state index contributed by atoms with van der Waals surface area (Å²) in [5.74, 6) is -0.187. The van der Waals surface area contributed by atoms with Crippen LogP contribution in [0.1, 0.15) is 19.4 Å². The van der Waals surface area contributed by atoms with Crippen LogP contribution >= 0.6 is 0 Å². The number of hydrogen-bond acceptors (Lipinski definition) is 8. The first-order chi connectivity index (χ1) is 17.7. The van der Waals surface area contributed by atoms with Crippen molar-refractivity contribution in [3.63, 3.8) is 0 Å². The molecule has 3 heterocycles. The molecule has 196 valence electrons. The molecule has 0 bridgehead atoms. The quantitative estimate of drug-likeness (QED) is 0.497. The Morgan fingerprint density at radius 3 is 2.54 bits per heavy atom. The Bertz CT molecular complexity index is 1320. The summed E-state index contributed by atoms with van der Waals surface area (Å²) in [6.45, 7) is 3.62. The van der Waals surface area contributed by atoms with E-state index in [1.807, 2.05) is 6.92 Å². The van der Waals surface area contributed by atoms with Crippen molar-refractivity contribution < 1.29 is 23.1 Å². The number of aliphatic hydroxyl groups is 1. The number of sulfonamides is 1. The summed E-state index contributed by atoms with van der Waals surface area (Å²) in [5.41, 5.74) is 2.26. The molecule has 2 aromatic heterocycles. The monoisotopic (exact) mass is 525 g/mol. The fourth-order valence-electron chi connectivity index (χ4n) is 4.25. The van der Waals surface area contributed by atoms with Crippen molar-refractivity contribution in [1.29, 1.82) is 0 Å². The van der Waals surface area contributed by atoms with Gasteiger partial charge in [-0.1, -0.05) is 13.0 Å². The van der Waals surface area contributed by atoms with Gasteiger partial charge in [-0.2, -0.15) is 4.31 Å². The van der Waals surface area contributed by atoms with E-state index >= 15 is 0 Å². The summed E-state index contributed by atoms with van der Waals surface area (Å²) < 4.78 is 35.0. The number of rotatable bonds is 7. The van der Waals surface area contributed by atoms with Gasteiger partial charge in [0, 0.05) is 55.9 Å². The number of nitrogens with zero attached hydrogens (tertiary/aromatic N) is 5. The zero-order valence-corrected chi connectivity index (χ0v) is 21.9. The molecule has 3 atom stereocenters. The van der Waals surface area contributed by atoms with E-state index in [0.717, 1.165) is 5.56 Å². The third kappa shape index (κ3) is 5.95. The second kappa shape index (κ2) is 11.3. The number of fused-ring (bicyclic) bond motifs is 1. The summed E-state index contributed by atoms with van der Waals surface area (Å²) in [4.78, 5) is 26.6. The molecule has 3 aromatic rings. The Labute approximate surface area is 217 Å². The first-order valence-electron chi connectivity index (χ1n) is 12.0. The molecule has 1 N–H and O–H groups in total. The topological polar surface area (TPSA) is 126 Å². The van der Waals surface area contributed by atoms with Crippen LogP contribution in [0.4, 0.5) is 0 Å². The van der Waals surface area contributed by atoms with Crippen LogP contribution in [0.5, 0.6) is 5.75 Å². The Morgan fingerprint density at radius 1 is 1.16 bits per heavy atom. The van der Waals surface area contributed by atoms with Gasteiger partial charge in [-0.15, -0.1) is 0 Å². The van der Waals surface area contributed by atoms with Crippen LogP contribution in [0, 0.1) is 5.92 Å². The number of aliphatic hydroxyl groups excluding tert-OH is 1. The number of amides is 1. The van der Waals surface area contributed by atoms with E-state index in [4.69, 9.17) is 4.74 Å². The highest BCUT2D eigenvalue weighted by Gasteiger charge is 2.38. The summed E-state index contributed by atoms with van der Waals surface area (Å²) in [6.07, 6.45) is 7.70. The van der Waals surface area contributed by atoms with Crippen LogP contribution in [-0.4, -0.2) is 82.5 Å². The highest BCUT2D eigenvalue weighted by Crippen LogP contribution is 2.36. The first kappa shape index (κ1) is 26.6. The van der Waals surface area contributed by atoms with Crippen LogP contribution in [0.15, 0.2) is 66.3 Å². The molecular weight excluding hydrogens is 494 g/mol. The number of ether oxygens (including phenoxy) is 1. The van der Waals surface area contributed by atoms with Crippen molar-refractivity contribution in [2.24, 2.45) is 5.92 Å². The minimum absolute atomic E-state index is 0.0102. The van der Waals surface area contributed by atoms with Gasteiger partial charge in [0.1, 0.15) is 23.1 Å². The van der Waals surface area contributed by atoms with E-state index in [1.165, 1.54) is 16.7 Å². The summed E-state index contributed by atoms with van der Waals surface area (Å²) in [5, 5.41) is 9.82. The van der Waals surface area contributed by atoms with E-state index in [2.05, 4.69) is 15.0 Å². The summed E-state index contributed by atoms with van der Waals surface area (Å²) in [6, 6.07) is 7.82. The van der Waals surface area contributed by atoms with Gasteiger partial charge in [0.05, 0.1) is 19.6 Å². The van der Waals surface area contributed by atoms with Crippen molar-refractivity contribution in [2.75, 3.05) is 26.7 Å². The molecule has 1 aromatic carbocycles. The predicted octanol–water partition coefficient (Wildman–Crippen LogP) is 2.01. The van der Waals surface area contributed by atoms with Gasteiger partial charge < -0.3 is 14.7 Å². The lowest BCUT2D eigenvalue weighted by Gasteiger charge is -2.37. The maximum Gasteiger partial charge on any atom is 0.247 e. The van der Waals surface area contributed by atoms with E-state index in [0.29, 0.717) is 11.1 Å². The second-order valence-corrected chi connectivity index (χ2v) is 11.2. The molecule has 4 rings (SSSR count). The van der Waals surface area contributed by atoms with Crippen LogP contribution in [0.25, 0.3) is 11.1 Å². The molecule has 10 nitrogen and oxygen atoms in total. The molecule has 0 radical (unpaired) electrons. The number of carbonyl (C=O) groups excluding carboxylic acids is 1. The van der Waals surface area contributed by atoms with Crippen molar-refractivity contribution in [3.8, 4) is 16.9 Å². The minimum Gasteiger partial charge on any atom is -0.487 e. The fourth-order valence-corrected chi connectivity index (χ4v) is 6.08. The van der Waals surface area contributed by atoms with E-state index in [1.54, 1.807) is 67.9 Å². The molecule has 37 heavy (non-hydrogen) atoms. The molecule has 0 saturated carbocycles. The van der Waals surface area contributed by atoms with E-state index in [-0.39, 0.29) is 48.6 Å². The average Bonchev–Trinajstić information content (AvgIpc) is 2.91. The SMILES string of the molecule is C[C@H]1CN([C@@H](C)CO)S(=O)(=O)c2ccc(-c3cncnc3)cc2O[C@H]1CN(C)C(=O)Cc1ccncc1. The molecule has 0 fully saturated rings. The lowest BCUT2D eigenvalue weighted by Crippen LogP contribution is -2.50. The number of benzene rings is 1. The Balaban J connectivity index is 1.69. The van der Waals surface area contributed by atoms with Crippen LogP contribution < -0.4 is 4.74 Å². The van der Waals surface area contributed by atoms with Crippen LogP contribution in [-0.2, 0) is 21.2 Å². The molecular formula is C26H31N5O5S. The maximum absolute atomic E-state index is 13.7. The lowest BCUT2D eigenvalue weighted by atomic mass is 10.0. The molecule has 0 aliphatic carbocycles. The Hall–Kier alpha value is -3.41. The summed E-state index contributed by atoms with van der Waals surface area (Å²) in [7, 11) is -2.25. The number of pyridine rings is 1. The predicted molar refractivity (Wildman–Crippen MR) is 137 cm³/mol. The highest BCUT2D eigenvalue weighted by molar-refractivity contribution is 7.89. The minimum atomic E-state index is -3.96. The Kier molecular flexibility index (Phi) is 8.16. The second-order valence-electron chi connectivity index (χ2n) is 9.34. The van der Waals surface area contributed by atoms with Crippen LogP contribution in [0.3, 0.4) is 0 Å². The molecule has 0 saturated heterocycles. The van der Waals surface area contributed by atoms with Crippen molar-refractivity contribution in [3.05, 3.63) is 67.0 Å². The number of likely N-dealkylation sites (N-methyl/N-ethyl adjacent to an activating group) is 1. The molecule has 1 amide bonds. The van der Waals surface area contributed by atoms with Crippen molar-refractivity contribution in [1.82, 2.24) is 24.2 Å². The molecule has 1 aliphatic heterocycles. The van der Waals surface area contributed by atoms with Gasteiger partial charge in [-0.25, -0.2) is 18.4 Å². The zero-order valence-electron chi connectivity index (χ0n) is 21.1. The van der Waals surface area contributed by atoms with Gasteiger partial charge in [0.25, 0.3) is 0 Å². The smallest absolute Gasteiger partial charge is 0.247 e. The lowest BCUT2D eigenvalue weighted by molar-refractivity contribution is -0.130. The summed E-state index contributed by atoms with van der Waals surface area (Å²) >= 11 is 0. The van der Waals surface area contributed by atoms with Gasteiger partial charge in [-0.3, -0.25) is 9.78 Å². The molecule has 1 aliphatic rings. The third-order valence-electron chi connectivity index (χ3n) is 6.55. The average molecular weight is 526 g/mol. The van der Waals surface area contributed by atoms with Crippen LogP contribution in [0.2, 0.25) is 0 Å². The van der Waals surface area contributed by atoms with E-state index in [9.17, 15) is 18.3 Å². The molecule has 11 heteroatoms. The highest BCUT2D eigenvalue weighted by atomic mass is 32.2.